The van der Waals surface area contributed by atoms with Crippen LogP contribution >= 0.6 is 11.3 Å². The number of rotatable bonds is 3. The summed E-state index contributed by atoms with van der Waals surface area (Å²) < 4.78 is 0. The molecule has 1 fully saturated rings. The van der Waals surface area contributed by atoms with Crippen LogP contribution < -0.4 is 9.80 Å². The normalized spacial score (nSPS) is 15.6. The third-order valence-corrected chi connectivity index (χ3v) is 4.20. The van der Waals surface area contributed by atoms with Crippen molar-refractivity contribution in [2.45, 2.75) is 0 Å². The lowest BCUT2D eigenvalue weighted by Gasteiger charge is -2.36. The minimum absolute atomic E-state index is 0.727. The minimum atomic E-state index is 0.727. The largest absolute Gasteiger partial charge is 0.368 e. The second kappa shape index (κ2) is 5.40. The van der Waals surface area contributed by atoms with Crippen molar-refractivity contribution in [1.29, 1.82) is 0 Å². The van der Waals surface area contributed by atoms with E-state index in [1.54, 1.807) is 11.3 Å². The Morgan fingerprint density at radius 3 is 2.32 bits per heavy atom. The Kier molecular flexibility index (Phi) is 3.46. The van der Waals surface area contributed by atoms with E-state index in [-0.39, 0.29) is 0 Å². The van der Waals surface area contributed by atoms with Gasteiger partial charge in [0.25, 0.3) is 0 Å². The number of hydrogen-bond donors (Lipinski definition) is 0. The third-order valence-electron chi connectivity index (χ3n) is 3.36. The predicted molar refractivity (Wildman–Crippen MR) is 78.4 cm³/mol. The quantitative estimate of drug-likeness (QED) is 0.804. The Balaban J connectivity index is 1.64. The minimum Gasteiger partial charge on any atom is -0.368 e. The molecule has 0 radical (unpaired) electrons. The Morgan fingerprint density at radius 2 is 1.74 bits per heavy atom. The first-order valence-electron chi connectivity index (χ1n) is 6.31. The van der Waals surface area contributed by atoms with Crippen LogP contribution in [-0.4, -0.2) is 37.4 Å². The number of thiazole rings is 1. The molecule has 0 spiro atoms. The van der Waals surface area contributed by atoms with Crippen molar-refractivity contribution in [2.75, 3.05) is 36.0 Å². The topological polar surface area (TPSA) is 36.4 Å². The molecule has 98 valence electrons. The molecule has 1 aromatic carbocycles. The van der Waals surface area contributed by atoms with Gasteiger partial charge in [0.05, 0.1) is 0 Å². The number of aldehydes is 1. The van der Waals surface area contributed by atoms with Gasteiger partial charge in [0.1, 0.15) is 6.29 Å². The van der Waals surface area contributed by atoms with E-state index < -0.39 is 0 Å². The lowest BCUT2D eigenvalue weighted by Crippen LogP contribution is -2.46. The van der Waals surface area contributed by atoms with E-state index in [0.717, 1.165) is 43.2 Å². The number of nitrogens with zero attached hydrogens (tertiary/aromatic N) is 3. The van der Waals surface area contributed by atoms with Crippen molar-refractivity contribution in [3.63, 3.8) is 0 Å². The highest BCUT2D eigenvalue weighted by molar-refractivity contribution is 7.13. The predicted octanol–water partition coefficient (Wildman–Crippen LogP) is 2.28. The number of hydrogen-bond acceptors (Lipinski definition) is 5. The van der Waals surface area contributed by atoms with E-state index in [1.807, 2.05) is 35.8 Å². The number of anilines is 2. The van der Waals surface area contributed by atoms with Crippen molar-refractivity contribution in [3.05, 3.63) is 41.4 Å². The van der Waals surface area contributed by atoms with Gasteiger partial charge in [0.2, 0.25) is 0 Å². The molecule has 0 atom stereocenters. The lowest BCUT2D eigenvalue weighted by atomic mass is 10.2. The maximum Gasteiger partial charge on any atom is 0.185 e. The molecular formula is C14H15N3OS. The van der Waals surface area contributed by atoms with Crippen LogP contribution in [0.2, 0.25) is 0 Å². The number of piperazine rings is 1. The Labute approximate surface area is 116 Å². The van der Waals surface area contributed by atoms with Gasteiger partial charge in [0.15, 0.2) is 5.13 Å². The molecule has 1 aromatic heterocycles. The highest BCUT2D eigenvalue weighted by Gasteiger charge is 2.18. The number of aromatic nitrogens is 1. The summed E-state index contributed by atoms with van der Waals surface area (Å²) in [5, 5.41) is 3.12. The van der Waals surface area contributed by atoms with E-state index >= 15 is 0 Å². The molecule has 1 aliphatic heterocycles. The Hall–Kier alpha value is -1.88. The fraction of sp³-hybridized carbons (Fsp3) is 0.286. The molecular weight excluding hydrogens is 258 g/mol. The molecule has 5 heteroatoms. The molecule has 1 saturated heterocycles. The third kappa shape index (κ3) is 2.61. The second-order valence-electron chi connectivity index (χ2n) is 4.50. The first-order valence-corrected chi connectivity index (χ1v) is 7.19. The van der Waals surface area contributed by atoms with Gasteiger partial charge in [-0.15, -0.1) is 11.3 Å². The van der Waals surface area contributed by atoms with Gasteiger partial charge in [-0.2, -0.15) is 0 Å². The maximum absolute atomic E-state index is 10.6. The van der Waals surface area contributed by atoms with E-state index in [9.17, 15) is 4.79 Å². The van der Waals surface area contributed by atoms with E-state index in [0.29, 0.717) is 0 Å². The molecule has 0 N–H and O–H groups in total. The van der Waals surface area contributed by atoms with Crippen molar-refractivity contribution >= 4 is 28.4 Å². The molecule has 2 aromatic rings. The van der Waals surface area contributed by atoms with Gasteiger partial charge >= 0.3 is 0 Å². The summed E-state index contributed by atoms with van der Waals surface area (Å²) in [6, 6.07) is 7.77. The molecule has 3 rings (SSSR count). The molecule has 0 saturated carbocycles. The molecule has 0 bridgehead atoms. The summed E-state index contributed by atoms with van der Waals surface area (Å²) in [6.07, 6.45) is 2.73. The standard InChI is InChI=1S/C14H15N3OS/c18-11-12-1-3-13(4-2-12)16-6-8-17(9-7-16)14-15-5-10-19-14/h1-5,10-11H,6-9H2. The fourth-order valence-electron chi connectivity index (χ4n) is 2.29. The zero-order chi connectivity index (χ0) is 13.1. The average Bonchev–Trinajstić information content (AvgIpc) is 3.02. The fourth-order valence-corrected chi connectivity index (χ4v) is 2.99. The summed E-state index contributed by atoms with van der Waals surface area (Å²) in [6.45, 7) is 3.95. The first kappa shape index (κ1) is 12.2. The van der Waals surface area contributed by atoms with Gasteiger partial charge in [-0.05, 0) is 24.3 Å². The lowest BCUT2D eigenvalue weighted by molar-refractivity contribution is 0.112. The smallest absolute Gasteiger partial charge is 0.185 e. The van der Waals surface area contributed by atoms with Crippen LogP contribution in [0.3, 0.4) is 0 Å². The summed E-state index contributed by atoms with van der Waals surface area (Å²) in [7, 11) is 0. The van der Waals surface area contributed by atoms with Gasteiger partial charge in [0, 0.05) is 49.0 Å². The number of benzene rings is 1. The highest BCUT2D eigenvalue weighted by Crippen LogP contribution is 2.22. The van der Waals surface area contributed by atoms with Gasteiger partial charge in [-0.3, -0.25) is 4.79 Å². The number of carbonyl (C=O) groups excluding carboxylic acids is 1. The molecule has 0 aliphatic carbocycles. The monoisotopic (exact) mass is 273 g/mol. The Morgan fingerprint density at radius 1 is 1.05 bits per heavy atom. The van der Waals surface area contributed by atoms with Crippen LogP contribution in [0.5, 0.6) is 0 Å². The van der Waals surface area contributed by atoms with Gasteiger partial charge in [-0.1, -0.05) is 0 Å². The molecule has 1 aliphatic rings. The zero-order valence-electron chi connectivity index (χ0n) is 10.5. The van der Waals surface area contributed by atoms with E-state index in [1.165, 1.54) is 5.69 Å². The SMILES string of the molecule is O=Cc1ccc(N2CCN(c3nccs3)CC2)cc1. The van der Waals surface area contributed by atoms with Crippen LogP contribution in [0.25, 0.3) is 0 Å². The summed E-state index contributed by atoms with van der Waals surface area (Å²) in [5.41, 5.74) is 1.91. The summed E-state index contributed by atoms with van der Waals surface area (Å²) in [4.78, 5) is 19.7. The van der Waals surface area contributed by atoms with E-state index in [2.05, 4.69) is 14.8 Å². The van der Waals surface area contributed by atoms with Gasteiger partial charge in [-0.25, -0.2) is 4.98 Å². The maximum atomic E-state index is 10.6. The second-order valence-corrected chi connectivity index (χ2v) is 5.37. The van der Waals surface area contributed by atoms with Crippen molar-refractivity contribution in [2.24, 2.45) is 0 Å². The average molecular weight is 273 g/mol. The Bertz CT molecular complexity index is 530. The summed E-state index contributed by atoms with van der Waals surface area (Å²) in [5.74, 6) is 0. The molecule has 4 nitrogen and oxygen atoms in total. The molecule has 19 heavy (non-hydrogen) atoms. The van der Waals surface area contributed by atoms with E-state index in [4.69, 9.17) is 0 Å². The van der Waals surface area contributed by atoms with Crippen LogP contribution in [-0.2, 0) is 0 Å². The highest BCUT2D eigenvalue weighted by atomic mass is 32.1. The first-order chi connectivity index (χ1) is 9.36. The van der Waals surface area contributed by atoms with Crippen LogP contribution in [0.1, 0.15) is 10.4 Å². The molecule has 0 unspecified atom stereocenters. The van der Waals surface area contributed by atoms with Crippen molar-refractivity contribution < 1.29 is 4.79 Å². The van der Waals surface area contributed by atoms with Gasteiger partial charge < -0.3 is 9.80 Å². The molecule has 0 amide bonds. The van der Waals surface area contributed by atoms with Crippen LogP contribution in [0.4, 0.5) is 10.8 Å². The number of carbonyl (C=O) groups is 1. The zero-order valence-corrected chi connectivity index (χ0v) is 11.3. The summed E-state index contributed by atoms with van der Waals surface area (Å²) >= 11 is 1.69. The van der Waals surface area contributed by atoms with Crippen molar-refractivity contribution in [3.8, 4) is 0 Å². The van der Waals surface area contributed by atoms with Crippen molar-refractivity contribution in [1.82, 2.24) is 4.98 Å². The van der Waals surface area contributed by atoms with Crippen LogP contribution in [0.15, 0.2) is 35.8 Å². The molecule has 2 heterocycles. The van der Waals surface area contributed by atoms with Crippen LogP contribution in [0, 0.1) is 0 Å².